The first-order valence-corrected chi connectivity index (χ1v) is 8.60. The first-order valence-electron chi connectivity index (χ1n) is 6.37. The Hall–Kier alpha value is -0.770. The van der Waals surface area contributed by atoms with Gasteiger partial charge in [-0.05, 0) is 41.5 Å². The first-order chi connectivity index (χ1) is 9.77. The lowest BCUT2D eigenvalue weighted by atomic mass is 10.3. The molecular weight excluding hydrogens is 368 g/mol. The summed E-state index contributed by atoms with van der Waals surface area (Å²) < 4.78 is 53.9. The third-order valence-corrected chi connectivity index (χ3v) is 4.82. The van der Waals surface area contributed by atoms with Gasteiger partial charge in [0.15, 0.2) is 5.82 Å². The Labute approximate surface area is 132 Å². The molecule has 0 saturated heterocycles. The molecule has 0 unspecified atom stereocenters. The van der Waals surface area contributed by atoms with Crippen LogP contribution in [0.15, 0.2) is 16.6 Å². The molecule has 0 aliphatic carbocycles. The molecule has 0 atom stereocenters. The van der Waals surface area contributed by atoms with Gasteiger partial charge >= 0.3 is 10.2 Å². The Kier molecular flexibility index (Phi) is 6.98. The van der Waals surface area contributed by atoms with Crippen LogP contribution in [0.5, 0.6) is 0 Å². The number of nitrogens with one attached hydrogen (secondary N) is 2. The van der Waals surface area contributed by atoms with E-state index in [1.165, 1.54) is 7.05 Å². The number of hydrogen-bond donors (Lipinski definition) is 2. The second-order valence-corrected chi connectivity index (χ2v) is 7.01. The van der Waals surface area contributed by atoms with E-state index in [0.717, 1.165) is 16.9 Å². The third-order valence-electron chi connectivity index (χ3n) is 2.72. The van der Waals surface area contributed by atoms with Crippen molar-refractivity contribution in [2.45, 2.75) is 13.3 Å². The topological polar surface area (TPSA) is 61.4 Å². The van der Waals surface area contributed by atoms with Crippen LogP contribution in [-0.4, -0.2) is 39.4 Å². The third kappa shape index (κ3) is 5.50. The summed E-state index contributed by atoms with van der Waals surface area (Å²) in [4.78, 5) is 0. The van der Waals surface area contributed by atoms with Gasteiger partial charge in [-0.25, -0.2) is 8.78 Å². The summed E-state index contributed by atoms with van der Waals surface area (Å²) in [5, 5.41) is 3.08. The molecule has 1 aromatic carbocycles. The standard InChI is InChI=1S/C12H18BrF2N3O2S/c1-3-16-5-4-6-18(2)21(19,20)17-12-10(13)7-9(14)8-11(12)15/h7-8,16-17H,3-6H2,1-2H3. The van der Waals surface area contributed by atoms with E-state index in [1.54, 1.807) is 0 Å². The van der Waals surface area contributed by atoms with Crippen LogP contribution in [0, 0.1) is 11.6 Å². The molecule has 9 heteroatoms. The van der Waals surface area contributed by atoms with Crippen LogP contribution in [0.4, 0.5) is 14.5 Å². The SMILES string of the molecule is CCNCCCN(C)S(=O)(=O)Nc1c(F)cc(F)cc1Br. The number of nitrogens with zero attached hydrogens (tertiary/aromatic N) is 1. The van der Waals surface area contributed by atoms with E-state index >= 15 is 0 Å². The van der Waals surface area contributed by atoms with Gasteiger partial charge in [-0.1, -0.05) is 6.92 Å². The second kappa shape index (κ2) is 8.02. The Morgan fingerprint density at radius 3 is 2.57 bits per heavy atom. The van der Waals surface area contributed by atoms with Crippen molar-refractivity contribution in [1.29, 1.82) is 0 Å². The van der Waals surface area contributed by atoms with E-state index in [2.05, 4.69) is 26.0 Å². The summed E-state index contributed by atoms with van der Waals surface area (Å²) in [6.07, 6.45) is 0.623. The van der Waals surface area contributed by atoms with E-state index in [-0.39, 0.29) is 16.7 Å². The molecule has 21 heavy (non-hydrogen) atoms. The molecular formula is C12H18BrF2N3O2S. The van der Waals surface area contributed by atoms with Gasteiger partial charge in [0.05, 0.1) is 5.69 Å². The van der Waals surface area contributed by atoms with Crippen molar-refractivity contribution in [2.24, 2.45) is 0 Å². The van der Waals surface area contributed by atoms with E-state index in [1.807, 2.05) is 6.92 Å². The van der Waals surface area contributed by atoms with Gasteiger partial charge in [0.1, 0.15) is 5.82 Å². The Morgan fingerprint density at radius 2 is 2.00 bits per heavy atom. The van der Waals surface area contributed by atoms with Gasteiger partial charge < -0.3 is 5.32 Å². The van der Waals surface area contributed by atoms with E-state index in [0.29, 0.717) is 19.0 Å². The summed E-state index contributed by atoms with van der Waals surface area (Å²) in [5.74, 6) is -1.77. The maximum Gasteiger partial charge on any atom is 0.301 e. The van der Waals surface area contributed by atoms with Crippen LogP contribution in [0.3, 0.4) is 0 Å². The van der Waals surface area contributed by atoms with Gasteiger partial charge in [0.25, 0.3) is 0 Å². The number of anilines is 1. The van der Waals surface area contributed by atoms with Crippen LogP contribution in [0.1, 0.15) is 13.3 Å². The summed E-state index contributed by atoms with van der Waals surface area (Å²) >= 11 is 2.94. The molecule has 0 saturated carbocycles. The molecule has 0 fully saturated rings. The fraction of sp³-hybridized carbons (Fsp3) is 0.500. The van der Waals surface area contributed by atoms with Crippen molar-refractivity contribution in [3.8, 4) is 0 Å². The van der Waals surface area contributed by atoms with Crippen molar-refractivity contribution in [3.63, 3.8) is 0 Å². The molecule has 0 bridgehead atoms. The smallest absolute Gasteiger partial charge is 0.301 e. The lowest BCUT2D eigenvalue weighted by Crippen LogP contribution is -2.34. The highest BCUT2D eigenvalue weighted by Crippen LogP contribution is 2.28. The molecule has 0 spiro atoms. The number of hydrogen-bond acceptors (Lipinski definition) is 3. The van der Waals surface area contributed by atoms with Gasteiger partial charge in [-0.2, -0.15) is 12.7 Å². The molecule has 5 nitrogen and oxygen atoms in total. The second-order valence-electron chi connectivity index (χ2n) is 4.38. The zero-order valence-electron chi connectivity index (χ0n) is 11.8. The molecule has 0 aliphatic heterocycles. The van der Waals surface area contributed by atoms with E-state index in [4.69, 9.17) is 0 Å². The van der Waals surface area contributed by atoms with Gasteiger partial charge in [0.2, 0.25) is 0 Å². The fourth-order valence-electron chi connectivity index (χ4n) is 1.57. The Balaban J connectivity index is 2.76. The fourth-order valence-corrected chi connectivity index (χ4v) is 3.20. The average molecular weight is 386 g/mol. The zero-order chi connectivity index (χ0) is 16.0. The van der Waals surface area contributed by atoms with E-state index in [9.17, 15) is 17.2 Å². The average Bonchev–Trinajstić information content (AvgIpc) is 2.38. The lowest BCUT2D eigenvalue weighted by molar-refractivity contribution is 0.459. The van der Waals surface area contributed by atoms with Crippen LogP contribution in [-0.2, 0) is 10.2 Å². The highest BCUT2D eigenvalue weighted by atomic mass is 79.9. The maximum atomic E-state index is 13.6. The van der Waals surface area contributed by atoms with Crippen molar-refractivity contribution in [2.75, 3.05) is 31.4 Å². The number of halogens is 3. The highest BCUT2D eigenvalue weighted by molar-refractivity contribution is 9.10. The van der Waals surface area contributed by atoms with Crippen LogP contribution < -0.4 is 10.0 Å². The molecule has 1 aromatic rings. The van der Waals surface area contributed by atoms with Gasteiger partial charge in [-0.15, -0.1) is 0 Å². The lowest BCUT2D eigenvalue weighted by Gasteiger charge is -2.19. The van der Waals surface area contributed by atoms with E-state index < -0.39 is 21.8 Å². The minimum Gasteiger partial charge on any atom is -0.317 e. The molecule has 1 rings (SSSR count). The molecule has 0 radical (unpaired) electrons. The van der Waals surface area contributed by atoms with Crippen molar-refractivity contribution in [1.82, 2.24) is 9.62 Å². The quantitative estimate of drug-likeness (QED) is 0.675. The minimum atomic E-state index is -3.90. The molecule has 120 valence electrons. The molecule has 0 amide bonds. The predicted octanol–water partition coefficient (Wildman–Crippen LogP) is 2.32. The maximum absolute atomic E-state index is 13.6. The molecule has 0 aromatic heterocycles. The molecule has 0 heterocycles. The van der Waals surface area contributed by atoms with Crippen molar-refractivity contribution >= 4 is 31.8 Å². The normalized spacial score (nSPS) is 11.9. The summed E-state index contributed by atoms with van der Waals surface area (Å²) in [7, 11) is -2.50. The summed E-state index contributed by atoms with van der Waals surface area (Å²) in [6, 6.07) is 1.61. The Morgan fingerprint density at radius 1 is 1.33 bits per heavy atom. The number of rotatable bonds is 8. The Bertz CT molecular complexity index is 561. The molecule has 0 aliphatic rings. The largest absolute Gasteiger partial charge is 0.317 e. The monoisotopic (exact) mass is 385 g/mol. The van der Waals surface area contributed by atoms with Crippen LogP contribution in [0.25, 0.3) is 0 Å². The van der Waals surface area contributed by atoms with Crippen molar-refractivity contribution in [3.05, 3.63) is 28.2 Å². The van der Waals surface area contributed by atoms with Crippen molar-refractivity contribution < 1.29 is 17.2 Å². The van der Waals surface area contributed by atoms with Crippen LogP contribution >= 0.6 is 15.9 Å². The van der Waals surface area contributed by atoms with Crippen LogP contribution in [0.2, 0.25) is 0 Å². The number of benzene rings is 1. The van der Waals surface area contributed by atoms with Gasteiger partial charge in [0, 0.05) is 24.1 Å². The van der Waals surface area contributed by atoms with Gasteiger partial charge in [-0.3, -0.25) is 4.72 Å². The first kappa shape index (κ1) is 18.3. The predicted molar refractivity (Wildman–Crippen MR) is 82.4 cm³/mol. The zero-order valence-corrected chi connectivity index (χ0v) is 14.2. The summed E-state index contributed by atoms with van der Waals surface area (Å²) in [5.41, 5.74) is -0.310. The summed E-state index contributed by atoms with van der Waals surface area (Å²) in [6.45, 7) is 3.73. The highest BCUT2D eigenvalue weighted by Gasteiger charge is 2.21. The molecule has 2 N–H and O–H groups in total. The minimum absolute atomic E-state index is 0.00428.